The summed E-state index contributed by atoms with van der Waals surface area (Å²) in [6.07, 6.45) is 5.41. The number of fused-ring (bicyclic) bond motifs is 1. The van der Waals surface area contributed by atoms with Gasteiger partial charge >= 0.3 is 0 Å². The summed E-state index contributed by atoms with van der Waals surface area (Å²) in [5.41, 5.74) is 5.04. The lowest BCUT2D eigenvalue weighted by atomic mass is 9.95. The van der Waals surface area contributed by atoms with Crippen LogP contribution in [-0.4, -0.2) is 34.4 Å². The Kier molecular flexibility index (Phi) is 5.24. The summed E-state index contributed by atoms with van der Waals surface area (Å²) in [5, 5.41) is 4.54. The molecule has 0 radical (unpaired) electrons. The molecule has 0 saturated carbocycles. The lowest BCUT2D eigenvalue weighted by Gasteiger charge is -2.37. The molecule has 1 aliphatic heterocycles. The third kappa shape index (κ3) is 4.09. The van der Waals surface area contributed by atoms with Gasteiger partial charge in [0, 0.05) is 47.0 Å². The van der Waals surface area contributed by atoms with E-state index in [0.29, 0.717) is 10.6 Å². The lowest BCUT2D eigenvalue weighted by molar-refractivity contribution is 0.102. The number of benzene rings is 2. The van der Waals surface area contributed by atoms with E-state index < -0.39 is 0 Å². The normalized spacial score (nSPS) is 15.4. The van der Waals surface area contributed by atoms with Crippen LogP contribution in [0, 0.1) is 0 Å². The van der Waals surface area contributed by atoms with E-state index in [2.05, 4.69) is 48.2 Å². The summed E-state index contributed by atoms with van der Waals surface area (Å²) in [6, 6.07) is 13.0. The smallest absolute Gasteiger partial charge is 0.257 e. The average Bonchev–Trinajstić information content (AvgIpc) is 3.11. The van der Waals surface area contributed by atoms with Crippen LogP contribution in [0.3, 0.4) is 0 Å². The van der Waals surface area contributed by atoms with Crippen LogP contribution in [0.4, 0.5) is 5.69 Å². The first kappa shape index (κ1) is 19.7. The van der Waals surface area contributed by atoms with E-state index >= 15 is 0 Å². The summed E-state index contributed by atoms with van der Waals surface area (Å²) in [4.78, 5) is 18.5. The standard InChI is InChI=1S/C24H26ClN3O/c1-24(2,3)28-12-10-16(11-13-28)20-15-26-22-9-8-17(14-19(20)22)27-23(29)18-6-4-5-7-21(18)25/h4-10,14-15,26H,11-13H2,1-3H3,(H,27,29). The number of amides is 1. The van der Waals surface area contributed by atoms with Crippen LogP contribution in [0.25, 0.3) is 16.5 Å². The van der Waals surface area contributed by atoms with Crippen molar-refractivity contribution in [3.05, 3.63) is 70.9 Å². The maximum atomic E-state index is 12.6. The van der Waals surface area contributed by atoms with Gasteiger partial charge in [0.05, 0.1) is 10.6 Å². The highest BCUT2D eigenvalue weighted by Gasteiger charge is 2.24. The molecule has 4 rings (SSSR count). The molecule has 3 aromatic rings. The molecule has 0 aliphatic carbocycles. The van der Waals surface area contributed by atoms with Gasteiger partial charge in [-0.3, -0.25) is 9.69 Å². The quantitative estimate of drug-likeness (QED) is 0.562. The maximum Gasteiger partial charge on any atom is 0.257 e. The fourth-order valence-corrected chi connectivity index (χ4v) is 4.05. The SMILES string of the molecule is CC(C)(C)N1CC=C(c2c[nH]c3ccc(NC(=O)c4ccccc4Cl)cc23)CC1. The number of anilines is 1. The molecule has 1 aromatic heterocycles. The van der Waals surface area contributed by atoms with Crippen LogP contribution in [-0.2, 0) is 0 Å². The van der Waals surface area contributed by atoms with Crippen molar-refractivity contribution in [2.75, 3.05) is 18.4 Å². The zero-order valence-electron chi connectivity index (χ0n) is 17.1. The van der Waals surface area contributed by atoms with Gasteiger partial charge in [0.25, 0.3) is 5.91 Å². The minimum absolute atomic E-state index is 0.179. The van der Waals surface area contributed by atoms with Gasteiger partial charge in [-0.1, -0.05) is 29.8 Å². The van der Waals surface area contributed by atoms with Gasteiger partial charge in [-0.2, -0.15) is 0 Å². The van der Waals surface area contributed by atoms with E-state index in [0.717, 1.165) is 36.1 Å². The highest BCUT2D eigenvalue weighted by molar-refractivity contribution is 6.34. The highest BCUT2D eigenvalue weighted by atomic mass is 35.5. The summed E-state index contributed by atoms with van der Waals surface area (Å²) in [7, 11) is 0. The Balaban J connectivity index is 1.60. The van der Waals surface area contributed by atoms with Gasteiger partial charge < -0.3 is 10.3 Å². The first-order valence-corrected chi connectivity index (χ1v) is 10.3. The van der Waals surface area contributed by atoms with E-state index in [9.17, 15) is 4.79 Å². The molecule has 1 amide bonds. The van der Waals surface area contributed by atoms with Gasteiger partial charge in [-0.05, 0) is 63.1 Å². The molecule has 0 bridgehead atoms. The van der Waals surface area contributed by atoms with Crippen LogP contribution in [0.15, 0.2) is 54.7 Å². The summed E-state index contributed by atoms with van der Waals surface area (Å²) >= 11 is 6.16. The molecule has 0 saturated heterocycles. The predicted molar refractivity (Wildman–Crippen MR) is 122 cm³/mol. The molecule has 150 valence electrons. The Morgan fingerprint density at radius 2 is 1.97 bits per heavy atom. The molecule has 1 aliphatic rings. The van der Waals surface area contributed by atoms with Crippen molar-refractivity contribution >= 4 is 39.7 Å². The molecule has 0 unspecified atom stereocenters. The zero-order chi connectivity index (χ0) is 20.6. The van der Waals surface area contributed by atoms with Crippen LogP contribution in [0.2, 0.25) is 5.02 Å². The number of halogens is 1. The molecule has 2 aromatic carbocycles. The summed E-state index contributed by atoms with van der Waals surface area (Å²) < 4.78 is 0. The number of aromatic nitrogens is 1. The number of nitrogens with zero attached hydrogens (tertiary/aromatic N) is 1. The van der Waals surface area contributed by atoms with Gasteiger partial charge in [0.15, 0.2) is 0 Å². The predicted octanol–water partition coefficient (Wildman–Crippen LogP) is 5.96. The van der Waals surface area contributed by atoms with Crippen LogP contribution < -0.4 is 5.32 Å². The Morgan fingerprint density at radius 3 is 2.66 bits per heavy atom. The Hall–Kier alpha value is -2.56. The molecule has 29 heavy (non-hydrogen) atoms. The van der Waals surface area contributed by atoms with E-state index in [1.807, 2.05) is 30.3 Å². The molecule has 0 fully saturated rings. The number of hydrogen-bond donors (Lipinski definition) is 2. The molecular formula is C24H26ClN3O. The minimum atomic E-state index is -0.204. The van der Waals surface area contributed by atoms with E-state index in [-0.39, 0.29) is 11.4 Å². The second-order valence-electron chi connectivity index (χ2n) is 8.49. The Morgan fingerprint density at radius 1 is 1.17 bits per heavy atom. The molecule has 2 N–H and O–H groups in total. The van der Waals surface area contributed by atoms with Gasteiger partial charge in [-0.15, -0.1) is 0 Å². The van der Waals surface area contributed by atoms with Gasteiger partial charge in [0.1, 0.15) is 0 Å². The van der Waals surface area contributed by atoms with Gasteiger partial charge in [0.2, 0.25) is 0 Å². The molecule has 5 heteroatoms. The van der Waals surface area contributed by atoms with Crippen LogP contribution in [0.5, 0.6) is 0 Å². The second-order valence-corrected chi connectivity index (χ2v) is 8.90. The molecule has 0 spiro atoms. The number of carbonyl (C=O) groups is 1. The third-order valence-electron chi connectivity index (χ3n) is 5.56. The number of rotatable bonds is 3. The van der Waals surface area contributed by atoms with Crippen molar-refractivity contribution in [1.29, 1.82) is 0 Å². The van der Waals surface area contributed by atoms with Crippen molar-refractivity contribution in [2.45, 2.75) is 32.7 Å². The number of nitrogens with one attached hydrogen (secondary N) is 2. The molecular weight excluding hydrogens is 382 g/mol. The van der Waals surface area contributed by atoms with Crippen LogP contribution >= 0.6 is 11.6 Å². The van der Waals surface area contributed by atoms with Gasteiger partial charge in [-0.25, -0.2) is 0 Å². The maximum absolute atomic E-state index is 12.6. The van der Waals surface area contributed by atoms with Crippen molar-refractivity contribution in [2.24, 2.45) is 0 Å². The number of carbonyl (C=O) groups excluding carboxylic acids is 1. The number of aromatic amines is 1. The van der Waals surface area contributed by atoms with Crippen LogP contribution in [0.1, 0.15) is 43.1 Å². The van der Waals surface area contributed by atoms with E-state index in [1.54, 1.807) is 12.1 Å². The number of hydrogen-bond acceptors (Lipinski definition) is 2. The molecule has 2 heterocycles. The minimum Gasteiger partial charge on any atom is -0.361 e. The summed E-state index contributed by atoms with van der Waals surface area (Å²) in [6.45, 7) is 8.77. The number of H-pyrrole nitrogens is 1. The zero-order valence-corrected chi connectivity index (χ0v) is 17.8. The van der Waals surface area contributed by atoms with E-state index in [4.69, 9.17) is 11.6 Å². The van der Waals surface area contributed by atoms with E-state index in [1.165, 1.54) is 11.1 Å². The first-order valence-electron chi connectivity index (χ1n) is 9.94. The van der Waals surface area contributed by atoms with Crippen molar-refractivity contribution in [3.8, 4) is 0 Å². The monoisotopic (exact) mass is 407 g/mol. The van der Waals surface area contributed by atoms with Crippen molar-refractivity contribution < 1.29 is 4.79 Å². The fraction of sp³-hybridized carbons (Fsp3) is 0.292. The lowest BCUT2D eigenvalue weighted by Crippen LogP contribution is -2.43. The average molecular weight is 408 g/mol. The topological polar surface area (TPSA) is 48.1 Å². The van der Waals surface area contributed by atoms with Crippen molar-refractivity contribution in [3.63, 3.8) is 0 Å². The highest BCUT2D eigenvalue weighted by Crippen LogP contribution is 2.32. The molecule has 0 atom stereocenters. The Labute approximate surface area is 176 Å². The first-order chi connectivity index (χ1) is 13.8. The summed E-state index contributed by atoms with van der Waals surface area (Å²) in [5.74, 6) is -0.204. The van der Waals surface area contributed by atoms with Crippen molar-refractivity contribution in [1.82, 2.24) is 9.88 Å². The fourth-order valence-electron chi connectivity index (χ4n) is 3.83. The largest absolute Gasteiger partial charge is 0.361 e. The molecule has 4 nitrogen and oxygen atoms in total. The second kappa shape index (κ2) is 7.69. The Bertz CT molecular complexity index is 1090. The third-order valence-corrected chi connectivity index (χ3v) is 5.89.